The van der Waals surface area contributed by atoms with E-state index in [1.807, 2.05) is 13.8 Å². The summed E-state index contributed by atoms with van der Waals surface area (Å²) in [5.74, 6) is -0.278. The first kappa shape index (κ1) is 15.4. The fourth-order valence-corrected chi connectivity index (χ4v) is 3.16. The summed E-state index contributed by atoms with van der Waals surface area (Å²) in [5, 5.41) is 2.82. The molecule has 2 aromatic carbocycles. The number of carbonyl (C=O) groups is 1. The maximum absolute atomic E-state index is 12.1. The molecule has 0 unspecified atom stereocenters. The van der Waals surface area contributed by atoms with Crippen LogP contribution in [0, 0.1) is 13.8 Å². The molecule has 0 atom stereocenters. The van der Waals surface area contributed by atoms with Crippen LogP contribution in [0.4, 0.5) is 5.69 Å². The molecule has 3 aromatic rings. The molecule has 0 saturated heterocycles. The van der Waals surface area contributed by atoms with Gasteiger partial charge in [-0.3, -0.25) is 9.78 Å². The quantitative estimate of drug-likeness (QED) is 0.719. The zero-order chi connectivity index (χ0) is 16.4. The minimum Gasteiger partial charge on any atom is -0.408 e. The maximum atomic E-state index is 12.1. The Balaban J connectivity index is 1.66. The summed E-state index contributed by atoms with van der Waals surface area (Å²) in [6, 6.07) is 11.2. The Kier molecular flexibility index (Phi) is 4.25. The molecular formula is C17H16N2O3S. The second-order valence-corrected chi connectivity index (χ2v) is 6.35. The van der Waals surface area contributed by atoms with Gasteiger partial charge in [-0.05, 0) is 43.7 Å². The van der Waals surface area contributed by atoms with Gasteiger partial charge in [-0.2, -0.15) is 0 Å². The van der Waals surface area contributed by atoms with Crippen LogP contribution in [0.25, 0.3) is 11.1 Å². The van der Waals surface area contributed by atoms with E-state index < -0.39 is 5.76 Å². The van der Waals surface area contributed by atoms with Gasteiger partial charge in [0.2, 0.25) is 5.91 Å². The average molecular weight is 328 g/mol. The molecule has 0 spiro atoms. The Morgan fingerprint density at radius 2 is 2.04 bits per heavy atom. The van der Waals surface area contributed by atoms with E-state index >= 15 is 0 Å². The maximum Gasteiger partial charge on any atom is 0.417 e. The van der Waals surface area contributed by atoms with Crippen molar-refractivity contribution in [1.82, 2.24) is 4.98 Å². The Morgan fingerprint density at radius 3 is 2.87 bits per heavy atom. The highest BCUT2D eigenvalue weighted by atomic mass is 32.2. The minimum atomic E-state index is -0.506. The number of thioether (sulfide) groups is 1. The highest BCUT2D eigenvalue weighted by molar-refractivity contribution is 8.00. The van der Waals surface area contributed by atoms with Crippen LogP contribution in [-0.2, 0) is 4.79 Å². The molecule has 2 N–H and O–H groups in total. The molecule has 0 aliphatic carbocycles. The number of amides is 1. The van der Waals surface area contributed by atoms with Crippen LogP contribution in [0.2, 0.25) is 0 Å². The number of rotatable bonds is 4. The van der Waals surface area contributed by atoms with E-state index in [9.17, 15) is 9.59 Å². The summed E-state index contributed by atoms with van der Waals surface area (Å²) in [5.41, 5.74) is 3.99. The number of aryl methyl sites for hydroxylation is 2. The van der Waals surface area contributed by atoms with Crippen LogP contribution in [0.15, 0.2) is 50.5 Å². The minimum absolute atomic E-state index is 0.0962. The van der Waals surface area contributed by atoms with Crippen LogP contribution < -0.4 is 11.1 Å². The lowest BCUT2D eigenvalue weighted by Crippen LogP contribution is -2.14. The monoisotopic (exact) mass is 328 g/mol. The molecule has 118 valence electrons. The zero-order valence-electron chi connectivity index (χ0n) is 12.8. The molecule has 0 bridgehead atoms. The van der Waals surface area contributed by atoms with Gasteiger partial charge in [0.1, 0.15) is 0 Å². The molecule has 3 rings (SSSR count). The first-order chi connectivity index (χ1) is 11.0. The van der Waals surface area contributed by atoms with Gasteiger partial charge in [-0.25, -0.2) is 4.79 Å². The number of aromatic amines is 1. The van der Waals surface area contributed by atoms with Gasteiger partial charge >= 0.3 is 5.76 Å². The lowest BCUT2D eigenvalue weighted by molar-refractivity contribution is -0.113. The number of fused-ring (bicyclic) bond motifs is 1. The Labute approximate surface area is 137 Å². The van der Waals surface area contributed by atoms with Gasteiger partial charge < -0.3 is 9.73 Å². The van der Waals surface area contributed by atoms with Gasteiger partial charge in [-0.1, -0.05) is 17.7 Å². The highest BCUT2D eigenvalue weighted by Crippen LogP contribution is 2.24. The van der Waals surface area contributed by atoms with Crippen LogP contribution >= 0.6 is 11.8 Å². The van der Waals surface area contributed by atoms with E-state index in [0.29, 0.717) is 22.5 Å². The number of aromatic nitrogens is 1. The van der Waals surface area contributed by atoms with E-state index in [0.717, 1.165) is 10.5 Å². The fraction of sp³-hybridized carbons (Fsp3) is 0.176. The van der Waals surface area contributed by atoms with E-state index in [2.05, 4.69) is 28.5 Å². The molecule has 1 amide bonds. The molecule has 0 aliphatic rings. The van der Waals surface area contributed by atoms with Crippen molar-refractivity contribution in [3.8, 4) is 0 Å². The Morgan fingerprint density at radius 1 is 1.22 bits per heavy atom. The molecule has 23 heavy (non-hydrogen) atoms. The van der Waals surface area contributed by atoms with Gasteiger partial charge in [-0.15, -0.1) is 11.8 Å². The number of carbonyl (C=O) groups excluding carboxylic acids is 1. The molecule has 5 nitrogen and oxygen atoms in total. The third kappa shape index (κ3) is 3.65. The summed E-state index contributed by atoms with van der Waals surface area (Å²) in [4.78, 5) is 26.9. The fourth-order valence-electron chi connectivity index (χ4n) is 2.23. The van der Waals surface area contributed by atoms with Crippen molar-refractivity contribution in [2.24, 2.45) is 0 Å². The number of nitrogens with one attached hydrogen (secondary N) is 2. The van der Waals surface area contributed by atoms with Crippen molar-refractivity contribution in [3.05, 3.63) is 58.1 Å². The van der Waals surface area contributed by atoms with Crippen LogP contribution in [0.3, 0.4) is 0 Å². The molecule has 6 heteroatoms. The third-order valence-electron chi connectivity index (χ3n) is 3.41. The number of benzene rings is 2. The SMILES string of the molecule is Cc1ccc(C)c(SCC(=O)Nc2ccc3oc(=O)[nH]c3c2)c1. The molecule has 0 aliphatic heterocycles. The molecule has 1 aromatic heterocycles. The van der Waals surface area contributed by atoms with E-state index in [-0.39, 0.29) is 5.91 Å². The predicted molar refractivity (Wildman–Crippen MR) is 92.1 cm³/mol. The molecule has 0 radical (unpaired) electrons. The van der Waals surface area contributed by atoms with Crippen molar-refractivity contribution in [3.63, 3.8) is 0 Å². The van der Waals surface area contributed by atoms with Crippen molar-refractivity contribution in [2.45, 2.75) is 18.7 Å². The molecular weight excluding hydrogens is 312 g/mol. The molecule has 0 fully saturated rings. The van der Waals surface area contributed by atoms with E-state index in [4.69, 9.17) is 4.42 Å². The van der Waals surface area contributed by atoms with Crippen molar-refractivity contribution < 1.29 is 9.21 Å². The van der Waals surface area contributed by atoms with Gasteiger partial charge in [0.15, 0.2) is 5.58 Å². The lowest BCUT2D eigenvalue weighted by atomic mass is 10.2. The largest absolute Gasteiger partial charge is 0.417 e. The Hall–Kier alpha value is -2.47. The third-order valence-corrected chi connectivity index (χ3v) is 4.56. The van der Waals surface area contributed by atoms with Crippen molar-refractivity contribution in [1.29, 1.82) is 0 Å². The predicted octanol–water partition coefficient (Wildman–Crippen LogP) is 3.47. The van der Waals surface area contributed by atoms with E-state index in [1.165, 1.54) is 17.3 Å². The second-order valence-electron chi connectivity index (χ2n) is 5.33. The summed E-state index contributed by atoms with van der Waals surface area (Å²) < 4.78 is 4.93. The van der Waals surface area contributed by atoms with Crippen LogP contribution in [0.1, 0.15) is 11.1 Å². The normalized spacial score (nSPS) is 10.9. The number of anilines is 1. The zero-order valence-corrected chi connectivity index (χ0v) is 13.6. The summed E-state index contributed by atoms with van der Waals surface area (Å²) in [6.45, 7) is 4.06. The van der Waals surface area contributed by atoms with Crippen LogP contribution in [-0.4, -0.2) is 16.6 Å². The number of hydrogen-bond acceptors (Lipinski definition) is 4. The average Bonchev–Trinajstić information content (AvgIpc) is 2.87. The van der Waals surface area contributed by atoms with Crippen molar-refractivity contribution >= 4 is 34.5 Å². The number of oxazole rings is 1. The smallest absolute Gasteiger partial charge is 0.408 e. The topological polar surface area (TPSA) is 75.1 Å². The van der Waals surface area contributed by atoms with Gasteiger partial charge in [0, 0.05) is 10.6 Å². The summed E-state index contributed by atoms with van der Waals surface area (Å²) >= 11 is 1.51. The number of H-pyrrole nitrogens is 1. The summed E-state index contributed by atoms with van der Waals surface area (Å²) in [6.07, 6.45) is 0. The second kappa shape index (κ2) is 6.34. The molecule has 1 heterocycles. The van der Waals surface area contributed by atoms with Crippen LogP contribution in [0.5, 0.6) is 0 Å². The first-order valence-electron chi connectivity index (χ1n) is 7.14. The van der Waals surface area contributed by atoms with Crippen molar-refractivity contribution in [2.75, 3.05) is 11.1 Å². The van der Waals surface area contributed by atoms with E-state index in [1.54, 1.807) is 18.2 Å². The first-order valence-corrected chi connectivity index (χ1v) is 8.12. The number of hydrogen-bond donors (Lipinski definition) is 2. The summed E-state index contributed by atoms with van der Waals surface area (Å²) in [7, 11) is 0. The van der Waals surface area contributed by atoms with Gasteiger partial charge in [0.05, 0.1) is 11.3 Å². The standard InChI is InChI=1S/C17H16N2O3S/c1-10-3-4-11(2)15(7-10)23-9-16(20)18-12-5-6-14-13(8-12)19-17(21)22-14/h3-8H,9H2,1-2H3,(H,18,20)(H,19,21). The Bertz CT molecular complexity index is 927. The highest BCUT2D eigenvalue weighted by Gasteiger charge is 2.08. The molecule has 0 saturated carbocycles. The van der Waals surface area contributed by atoms with Gasteiger partial charge in [0.25, 0.3) is 0 Å². The lowest BCUT2D eigenvalue weighted by Gasteiger charge is -2.08.